The van der Waals surface area contributed by atoms with Crippen LogP contribution in [-0.4, -0.2) is 18.0 Å². The van der Waals surface area contributed by atoms with E-state index in [4.69, 9.17) is 0 Å². The molecule has 0 aliphatic heterocycles. The number of carbonyl (C=O) groups excluding carboxylic acids is 1. The molecule has 100 valence electrons. The molecule has 0 aromatic heterocycles. The third-order valence-electron chi connectivity index (χ3n) is 3.19. The van der Waals surface area contributed by atoms with E-state index in [2.05, 4.69) is 36.6 Å². The van der Waals surface area contributed by atoms with Gasteiger partial charge in [0.05, 0.1) is 6.04 Å². The summed E-state index contributed by atoms with van der Waals surface area (Å²) >= 11 is 0. The molecule has 3 heteroatoms. The molecule has 0 fully saturated rings. The van der Waals surface area contributed by atoms with Crippen LogP contribution in [0.2, 0.25) is 0 Å². The molecule has 0 aliphatic carbocycles. The maximum atomic E-state index is 11.9. The predicted octanol–water partition coefficient (Wildman–Crippen LogP) is 2.64. The highest BCUT2D eigenvalue weighted by Crippen LogP contribution is 2.11. The zero-order valence-electron chi connectivity index (χ0n) is 11.7. The third kappa shape index (κ3) is 4.49. The van der Waals surface area contributed by atoms with Crippen molar-refractivity contribution in [3.8, 4) is 0 Å². The lowest BCUT2D eigenvalue weighted by Gasteiger charge is -2.21. The van der Waals surface area contributed by atoms with Crippen LogP contribution in [-0.2, 0) is 4.79 Å². The highest BCUT2D eigenvalue weighted by molar-refractivity contribution is 5.81. The SMILES string of the molecule is CCC(C)NC(=O)C(C)NC(C)c1ccccc1. The summed E-state index contributed by atoms with van der Waals surface area (Å²) in [5.74, 6) is 0.0622. The maximum absolute atomic E-state index is 11.9. The van der Waals surface area contributed by atoms with Gasteiger partial charge in [-0.1, -0.05) is 37.3 Å². The summed E-state index contributed by atoms with van der Waals surface area (Å²) in [6, 6.07) is 10.4. The summed E-state index contributed by atoms with van der Waals surface area (Å²) in [5.41, 5.74) is 1.20. The van der Waals surface area contributed by atoms with Gasteiger partial charge in [0.25, 0.3) is 0 Å². The number of benzene rings is 1. The minimum Gasteiger partial charge on any atom is -0.352 e. The van der Waals surface area contributed by atoms with E-state index in [1.807, 2.05) is 32.0 Å². The zero-order chi connectivity index (χ0) is 13.5. The fourth-order valence-corrected chi connectivity index (χ4v) is 1.76. The number of carbonyl (C=O) groups is 1. The summed E-state index contributed by atoms with van der Waals surface area (Å²) in [6.07, 6.45) is 0.951. The van der Waals surface area contributed by atoms with Crippen molar-refractivity contribution >= 4 is 5.91 Å². The molecule has 0 aliphatic rings. The third-order valence-corrected chi connectivity index (χ3v) is 3.19. The second kappa shape index (κ2) is 7.17. The Bertz CT molecular complexity index is 364. The lowest BCUT2D eigenvalue weighted by molar-refractivity contribution is -0.123. The molecular formula is C15H24N2O. The van der Waals surface area contributed by atoms with E-state index in [-0.39, 0.29) is 24.0 Å². The van der Waals surface area contributed by atoms with Crippen LogP contribution in [0.4, 0.5) is 0 Å². The lowest BCUT2D eigenvalue weighted by Crippen LogP contribution is -2.45. The smallest absolute Gasteiger partial charge is 0.237 e. The minimum atomic E-state index is -0.186. The maximum Gasteiger partial charge on any atom is 0.237 e. The molecular weight excluding hydrogens is 224 g/mol. The number of hydrogen-bond acceptors (Lipinski definition) is 2. The quantitative estimate of drug-likeness (QED) is 0.812. The van der Waals surface area contributed by atoms with Gasteiger partial charge in [0.2, 0.25) is 5.91 Å². The Balaban J connectivity index is 2.49. The van der Waals surface area contributed by atoms with Crippen LogP contribution in [0.1, 0.15) is 45.7 Å². The summed E-state index contributed by atoms with van der Waals surface area (Å²) < 4.78 is 0. The van der Waals surface area contributed by atoms with Crippen molar-refractivity contribution in [2.45, 2.75) is 52.2 Å². The number of nitrogens with one attached hydrogen (secondary N) is 2. The van der Waals surface area contributed by atoms with Crippen LogP contribution in [0.3, 0.4) is 0 Å². The van der Waals surface area contributed by atoms with E-state index in [9.17, 15) is 4.79 Å². The highest BCUT2D eigenvalue weighted by atomic mass is 16.2. The monoisotopic (exact) mass is 248 g/mol. The van der Waals surface area contributed by atoms with Gasteiger partial charge in [-0.3, -0.25) is 10.1 Å². The molecule has 18 heavy (non-hydrogen) atoms. The van der Waals surface area contributed by atoms with Crippen LogP contribution >= 0.6 is 0 Å². The Morgan fingerprint density at radius 3 is 2.33 bits per heavy atom. The average molecular weight is 248 g/mol. The summed E-state index contributed by atoms with van der Waals surface area (Å²) in [6.45, 7) is 8.06. The van der Waals surface area contributed by atoms with Gasteiger partial charge < -0.3 is 5.32 Å². The number of amides is 1. The van der Waals surface area contributed by atoms with Gasteiger partial charge in [0.1, 0.15) is 0 Å². The van der Waals surface area contributed by atoms with E-state index in [0.29, 0.717) is 0 Å². The van der Waals surface area contributed by atoms with Gasteiger partial charge in [0.15, 0.2) is 0 Å². The van der Waals surface area contributed by atoms with Crippen molar-refractivity contribution in [2.75, 3.05) is 0 Å². The molecule has 0 heterocycles. The highest BCUT2D eigenvalue weighted by Gasteiger charge is 2.17. The average Bonchev–Trinajstić information content (AvgIpc) is 2.39. The summed E-state index contributed by atoms with van der Waals surface area (Å²) in [7, 11) is 0. The van der Waals surface area contributed by atoms with E-state index in [1.165, 1.54) is 5.56 Å². The Hall–Kier alpha value is -1.35. The normalized spacial score (nSPS) is 15.8. The fraction of sp³-hybridized carbons (Fsp3) is 0.533. The fourth-order valence-electron chi connectivity index (χ4n) is 1.76. The summed E-state index contributed by atoms with van der Waals surface area (Å²) in [5, 5.41) is 6.30. The largest absolute Gasteiger partial charge is 0.352 e. The van der Waals surface area contributed by atoms with Crippen molar-refractivity contribution in [3.63, 3.8) is 0 Å². The van der Waals surface area contributed by atoms with E-state index in [0.717, 1.165) is 6.42 Å². The molecule has 0 spiro atoms. The first-order valence-electron chi connectivity index (χ1n) is 6.66. The van der Waals surface area contributed by atoms with Gasteiger partial charge >= 0.3 is 0 Å². The number of rotatable bonds is 6. The first-order valence-corrected chi connectivity index (χ1v) is 6.66. The van der Waals surface area contributed by atoms with Crippen LogP contribution in [0.25, 0.3) is 0 Å². The Kier molecular flexibility index (Phi) is 5.86. The molecule has 1 aromatic rings. The van der Waals surface area contributed by atoms with Crippen LogP contribution in [0.15, 0.2) is 30.3 Å². The Morgan fingerprint density at radius 1 is 1.17 bits per heavy atom. The standard InChI is InChI=1S/C15H24N2O/c1-5-11(2)16-15(18)13(4)17-12(3)14-9-7-6-8-10-14/h6-13,17H,5H2,1-4H3,(H,16,18). The summed E-state index contributed by atoms with van der Waals surface area (Å²) in [4.78, 5) is 11.9. The van der Waals surface area contributed by atoms with E-state index < -0.39 is 0 Å². The van der Waals surface area contributed by atoms with E-state index >= 15 is 0 Å². The Labute approximate surface area is 110 Å². The van der Waals surface area contributed by atoms with Crippen LogP contribution in [0.5, 0.6) is 0 Å². The van der Waals surface area contributed by atoms with Crippen LogP contribution in [0, 0.1) is 0 Å². The first-order chi connectivity index (χ1) is 8.54. The molecule has 0 saturated heterocycles. The molecule has 1 aromatic carbocycles. The molecule has 0 saturated carbocycles. The minimum absolute atomic E-state index is 0.0622. The van der Waals surface area contributed by atoms with Crippen LogP contribution < -0.4 is 10.6 Å². The van der Waals surface area contributed by atoms with Gasteiger partial charge in [-0.2, -0.15) is 0 Å². The van der Waals surface area contributed by atoms with Crippen molar-refractivity contribution in [3.05, 3.63) is 35.9 Å². The van der Waals surface area contributed by atoms with Crippen molar-refractivity contribution in [1.82, 2.24) is 10.6 Å². The van der Waals surface area contributed by atoms with Gasteiger partial charge in [-0.05, 0) is 32.8 Å². The predicted molar refractivity (Wildman–Crippen MR) is 75.4 cm³/mol. The second-order valence-corrected chi connectivity index (χ2v) is 4.84. The molecule has 3 nitrogen and oxygen atoms in total. The van der Waals surface area contributed by atoms with Crippen molar-refractivity contribution < 1.29 is 4.79 Å². The molecule has 3 atom stereocenters. The van der Waals surface area contributed by atoms with Gasteiger partial charge in [-0.25, -0.2) is 0 Å². The van der Waals surface area contributed by atoms with Gasteiger partial charge in [0, 0.05) is 12.1 Å². The zero-order valence-corrected chi connectivity index (χ0v) is 11.7. The van der Waals surface area contributed by atoms with Gasteiger partial charge in [-0.15, -0.1) is 0 Å². The molecule has 1 rings (SSSR count). The molecule has 3 unspecified atom stereocenters. The molecule has 0 radical (unpaired) electrons. The number of hydrogen-bond donors (Lipinski definition) is 2. The molecule has 1 amide bonds. The molecule has 2 N–H and O–H groups in total. The lowest BCUT2D eigenvalue weighted by atomic mass is 10.1. The van der Waals surface area contributed by atoms with Crippen molar-refractivity contribution in [1.29, 1.82) is 0 Å². The molecule has 0 bridgehead atoms. The van der Waals surface area contributed by atoms with E-state index in [1.54, 1.807) is 0 Å². The van der Waals surface area contributed by atoms with Crippen molar-refractivity contribution in [2.24, 2.45) is 0 Å². The first kappa shape index (κ1) is 14.7. The Morgan fingerprint density at radius 2 is 1.78 bits per heavy atom. The topological polar surface area (TPSA) is 41.1 Å². The second-order valence-electron chi connectivity index (χ2n) is 4.84.